The Morgan fingerprint density at radius 3 is 2.38 bits per heavy atom. The topological polar surface area (TPSA) is 64.8 Å². The number of ether oxygens (including phenoxy) is 2. The van der Waals surface area contributed by atoms with Gasteiger partial charge in [-0.2, -0.15) is 0 Å². The molecule has 1 unspecified atom stereocenters. The van der Waals surface area contributed by atoms with Gasteiger partial charge in [-0.05, 0) is 56.2 Å². The molecule has 0 radical (unpaired) electrons. The quantitative estimate of drug-likeness (QED) is 0.809. The molecule has 1 aliphatic carbocycles. The van der Waals surface area contributed by atoms with E-state index in [9.17, 15) is 4.79 Å². The van der Waals surface area contributed by atoms with Gasteiger partial charge in [0.15, 0.2) is 0 Å². The third-order valence-electron chi connectivity index (χ3n) is 7.95. The molecule has 1 aromatic rings. The van der Waals surface area contributed by atoms with E-state index in [-0.39, 0.29) is 23.9 Å². The van der Waals surface area contributed by atoms with Crippen LogP contribution in [0.1, 0.15) is 60.9 Å². The normalized spacial score (nSPS) is 39.0. The lowest BCUT2D eigenvalue weighted by molar-refractivity contribution is -0.180. The van der Waals surface area contributed by atoms with Gasteiger partial charge in [-0.25, -0.2) is 0 Å². The lowest BCUT2D eigenvalue weighted by Crippen LogP contribution is -2.61. The van der Waals surface area contributed by atoms with Crippen LogP contribution in [0.4, 0.5) is 0 Å². The first kappa shape index (κ1) is 21.1. The molecule has 4 bridgehead atoms. The number of hydrogen-bond acceptors (Lipinski definition) is 4. The number of halogens is 1. The Kier molecular flexibility index (Phi) is 5.95. The fraction of sp³-hybridized carbons (Fsp3) is 0.696. The number of hydrogen-bond donors (Lipinski definition) is 1. The number of fused-ring (bicyclic) bond motifs is 4. The number of carbonyl (C=O) groups is 1. The van der Waals surface area contributed by atoms with Gasteiger partial charge in [-0.15, -0.1) is 12.4 Å². The van der Waals surface area contributed by atoms with E-state index < -0.39 is 0 Å². The van der Waals surface area contributed by atoms with Crippen molar-refractivity contribution < 1.29 is 14.3 Å². The van der Waals surface area contributed by atoms with Crippen LogP contribution in [0.25, 0.3) is 0 Å². The van der Waals surface area contributed by atoms with E-state index in [1.165, 1.54) is 44.9 Å². The van der Waals surface area contributed by atoms with E-state index in [0.717, 1.165) is 18.7 Å². The summed E-state index contributed by atoms with van der Waals surface area (Å²) in [5.41, 5.74) is 6.97. The number of amides is 1. The number of carbonyl (C=O) groups excluding carboxylic acids is 1. The zero-order valence-electron chi connectivity index (χ0n) is 17.2. The number of nitrogens with two attached hydrogens (primary N) is 1. The maximum absolute atomic E-state index is 11.8. The summed E-state index contributed by atoms with van der Waals surface area (Å²) in [6.07, 6.45) is 9.43. The molecule has 160 valence electrons. The molecule has 4 fully saturated rings. The molecule has 5 rings (SSSR count). The molecule has 1 aromatic carbocycles. The fourth-order valence-electron chi connectivity index (χ4n) is 6.73. The second-order valence-electron chi connectivity index (χ2n) is 9.30. The first-order chi connectivity index (χ1) is 13.6. The van der Waals surface area contributed by atoms with Crippen LogP contribution in [0.3, 0.4) is 0 Å². The molecule has 4 aliphatic rings. The van der Waals surface area contributed by atoms with Gasteiger partial charge < -0.3 is 15.2 Å². The summed E-state index contributed by atoms with van der Waals surface area (Å²) in [4.78, 5) is 14.5. The van der Waals surface area contributed by atoms with E-state index in [2.05, 4.69) is 11.0 Å². The van der Waals surface area contributed by atoms with Crippen LogP contribution in [0.5, 0.6) is 0 Å². The van der Waals surface area contributed by atoms with Crippen molar-refractivity contribution in [1.82, 2.24) is 4.90 Å². The first-order valence-electron chi connectivity index (χ1n) is 10.9. The Morgan fingerprint density at radius 1 is 1.14 bits per heavy atom. The molecular formula is C23H33ClN2O3. The van der Waals surface area contributed by atoms with Crippen molar-refractivity contribution in [3.05, 3.63) is 35.4 Å². The van der Waals surface area contributed by atoms with Crippen molar-refractivity contribution in [2.75, 3.05) is 20.2 Å². The Bertz CT molecular complexity index is 731. The standard InChI is InChI=1S/C23H32N2O3.ClH/c1-27-23(16-5-2-4-15(10-16)22(24)26)17-6-3-7-18(23)14-25(13-17)19-11-20-8-9-21(12-19)28-20;/h2,4-5,10,17-21H,3,6-9,11-14H2,1H3,(H2,24,26);1H/t17-,18+,19-,20+,21-,23?;. The molecule has 3 saturated heterocycles. The van der Waals surface area contributed by atoms with Gasteiger partial charge in [0.1, 0.15) is 5.60 Å². The minimum atomic E-state index is -0.367. The average Bonchev–Trinajstić information content (AvgIpc) is 3.04. The Balaban J connectivity index is 0.00000205. The van der Waals surface area contributed by atoms with Crippen molar-refractivity contribution in [2.24, 2.45) is 17.6 Å². The molecule has 0 aromatic heterocycles. The smallest absolute Gasteiger partial charge is 0.248 e. The fourth-order valence-corrected chi connectivity index (χ4v) is 6.73. The number of likely N-dealkylation sites (tertiary alicyclic amines) is 1. The molecule has 3 aliphatic heterocycles. The van der Waals surface area contributed by atoms with Crippen molar-refractivity contribution in [3.8, 4) is 0 Å². The van der Waals surface area contributed by atoms with Gasteiger partial charge >= 0.3 is 0 Å². The lowest BCUT2D eigenvalue weighted by Gasteiger charge is -2.57. The summed E-state index contributed by atoms with van der Waals surface area (Å²) >= 11 is 0. The predicted molar refractivity (Wildman–Crippen MR) is 114 cm³/mol. The number of methoxy groups -OCH3 is 1. The van der Waals surface area contributed by atoms with Crippen LogP contribution >= 0.6 is 12.4 Å². The predicted octanol–water partition coefficient (Wildman–Crippen LogP) is 3.49. The van der Waals surface area contributed by atoms with Crippen LogP contribution in [-0.2, 0) is 15.1 Å². The molecule has 0 spiro atoms. The number of benzene rings is 1. The summed E-state index contributed by atoms with van der Waals surface area (Å²) in [6, 6.07) is 8.51. The van der Waals surface area contributed by atoms with E-state index in [0.29, 0.717) is 35.6 Å². The Labute approximate surface area is 179 Å². The van der Waals surface area contributed by atoms with Gasteiger partial charge in [0, 0.05) is 43.6 Å². The van der Waals surface area contributed by atoms with Crippen LogP contribution < -0.4 is 5.73 Å². The second kappa shape index (κ2) is 8.18. The summed E-state index contributed by atoms with van der Waals surface area (Å²) in [5, 5.41) is 0. The van der Waals surface area contributed by atoms with Crippen molar-refractivity contribution >= 4 is 18.3 Å². The lowest BCUT2D eigenvalue weighted by atomic mass is 9.62. The molecule has 6 heteroatoms. The minimum absolute atomic E-state index is 0. The molecule has 29 heavy (non-hydrogen) atoms. The third kappa shape index (κ3) is 3.50. The molecule has 5 nitrogen and oxygen atoms in total. The molecular weight excluding hydrogens is 388 g/mol. The molecule has 1 saturated carbocycles. The maximum Gasteiger partial charge on any atom is 0.248 e. The average molecular weight is 421 g/mol. The van der Waals surface area contributed by atoms with Crippen molar-refractivity contribution in [1.29, 1.82) is 0 Å². The number of primary amides is 1. The van der Waals surface area contributed by atoms with E-state index in [4.69, 9.17) is 15.2 Å². The Morgan fingerprint density at radius 2 is 1.79 bits per heavy atom. The highest BCUT2D eigenvalue weighted by Gasteiger charge is 2.54. The minimum Gasteiger partial charge on any atom is -0.375 e. The largest absolute Gasteiger partial charge is 0.375 e. The van der Waals surface area contributed by atoms with Crippen molar-refractivity contribution in [3.63, 3.8) is 0 Å². The first-order valence-corrected chi connectivity index (χ1v) is 10.9. The highest BCUT2D eigenvalue weighted by molar-refractivity contribution is 5.92. The number of rotatable bonds is 4. The van der Waals surface area contributed by atoms with E-state index in [1.54, 1.807) is 6.07 Å². The molecule has 3 heterocycles. The van der Waals surface area contributed by atoms with Gasteiger partial charge in [0.05, 0.1) is 12.2 Å². The van der Waals surface area contributed by atoms with Gasteiger partial charge in [-0.1, -0.05) is 18.6 Å². The second-order valence-corrected chi connectivity index (χ2v) is 9.30. The maximum atomic E-state index is 11.8. The van der Waals surface area contributed by atoms with Crippen LogP contribution in [0, 0.1) is 11.8 Å². The number of piperidine rings is 1. The zero-order chi connectivity index (χ0) is 19.3. The van der Waals surface area contributed by atoms with Gasteiger partial charge in [-0.3, -0.25) is 9.69 Å². The van der Waals surface area contributed by atoms with Gasteiger partial charge in [0.25, 0.3) is 0 Å². The summed E-state index contributed by atoms with van der Waals surface area (Å²) in [7, 11) is 1.85. The Hall–Kier alpha value is -1.14. The summed E-state index contributed by atoms with van der Waals surface area (Å²) in [6.45, 7) is 2.16. The van der Waals surface area contributed by atoms with E-state index in [1.807, 2.05) is 19.2 Å². The zero-order valence-corrected chi connectivity index (χ0v) is 18.0. The van der Waals surface area contributed by atoms with Crippen LogP contribution in [0.15, 0.2) is 24.3 Å². The molecule has 1 amide bonds. The highest BCUT2D eigenvalue weighted by Crippen LogP contribution is 2.52. The summed E-state index contributed by atoms with van der Waals surface area (Å²) < 4.78 is 12.4. The number of nitrogens with zero attached hydrogens (tertiary/aromatic N) is 1. The monoisotopic (exact) mass is 420 g/mol. The third-order valence-corrected chi connectivity index (χ3v) is 7.95. The highest BCUT2D eigenvalue weighted by atomic mass is 35.5. The van der Waals surface area contributed by atoms with E-state index >= 15 is 0 Å². The van der Waals surface area contributed by atoms with Crippen LogP contribution in [0.2, 0.25) is 0 Å². The van der Waals surface area contributed by atoms with Crippen LogP contribution in [-0.4, -0.2) is 49.3 Å². The van der Waals surface area contributed by atoms with Crippen molar-refractivity contribution in [2.45, 2.75) is 68.8 Å². The summed E-state index contributed by atoms with van der Waals surface area (Å²) in [5.74, 6) is 0.538. The SMILES string of the molecule is COC1(c2cccc(C(N)=O)c2)[C@@H]2CCC[C@H]1CN([C@H]1C[C@H]3CC[C@@H](C1)O3)C2.Cl. The molecule has 2 N–H and O–H groups in total. The molecule has 6 atom stereocenters. The van der Waals surface area contributed by atoms with Gasteiger partial charge in [0.2, 0.25) is 5.91 Å².